The zero-order chi connectivity index (χ0) is 20.9. The fourth-order valence-electron chi connectivity index (χ4n) is 3.76. The summed E-state index contributed by atoms with van der Waals surface area (Å²) in [5.74, 6) is -0.141. The number of nitro benzene ring substituents is 1. The smallest absolute Gasteiger partial charge is 0.292 e. The van der Waals surface area contributed by atoms with E-state index in [1.807, 2.05) is 29.2 Å². The Kier molecular flexibility index (Phi) is 5.69. The van der Waals surface area contributed by atoms with E-state index in [-0.39, 0.29) is 22.4 Å². The summed E-state index contributed by atoms with van der Waals surface area (Å²) in [6, 6.07) is 14.4. The third kappa shape index (κ3) is 4.45. The zero-order valence-corrected chi connectivity index (χ0v) is 16.3. The summed E-state index contributed by atoms with van der Waals surface area (Å²) >= 11 is 0. The van der Waals surface area contributed by atoms with E-state index >= 15 is 0 Å². The number of carbonyl (C=O) groups is 1. The lowest BCUT2D eigenvalue weighted by Gasteiger charge is -2.32. The van der Waals surface area contributed by atoms with E-state index in [1.165, 1.54) is 12.4 Å². The molecule has 4 rings (SSSR count). The number of para-hydroxylation sites is 2. The SMILES string of the molecule is O=C(Nc1cccc(Cn2cncn2)c1)C1CCN(c2ccccc2[N+](=O)[O-])CC1. The number of nitrogens with one attached hydrogen (secondary N) is 1. The van der Waals surface area contributed by atoms with E-state index in [0.717, 1.165) is 11.3 Å². The van der Waals surface area contributed by atoms with E-state index in [0.29, 0.717) is 38.2 Å². The molecule has 9 heteroatoms. The molecule has 154 valence electrons. The maximum absolute atomic E-state index is 12.7. The Morgan fingerprint density at radius 2 is 1.97 bits per heavy atom. The lowest BCUT2D eigenvalue weighted by molar-refractivity contribution is -0.384. The van der Waals surface area contributed by atoms with Gasteiger partial charge in [-0.15, -0.1) is 0 Å². The van der Waals surface area contributed by atoms with Gasteiger partial charge in [0.1, 0.15) is 18.3 Å². The molecule has 3 aromatic rings. The Labute approximate surface area is 173 Å². The summed E-state index contributed by atoms with van der Waals surface area (Å²) < 4.78 is 1.72. The van der Waals surface area contributed by atoms with Gasteiger partial charge in [0, 0.05) is 30.8 Å². The molecule has 2 aromatic carbocycles. The first kappa shape index (κ1) is 19.6. The molecule has 1 fully saturated rings. The second-order valence-electron chi connectivity index (χ2n) is 7.29. The number of carbonyl (C=O) groups excluding carboxylic acids is 1. The van der Waals surface area contributed by atoms with Crippen LogP contribution in [0.2, 0.25) is 0 Å². The van der Waals surface area contributed by atoms with Crippen molar-refractivity contribution in [2.45, 2.75) is 19.4 Å². The lowest BCUT2D eigenvalue weighted by atomic mass is 9.95. The highest BCUT2D eigenvalue weighted by molar-refractivity contribution is 5.92. The Morgan fingerprint density at radius 3 is 2.70 bits per heavy atom. The molecule has 0 unspecified atom stereocenters. The average Bonchev–Trinajstić information content (AvgIpc) is 3.27. The minimum atomic E-state index is -0.361. The largest absolute Gasteiger partial charge is 0.366 e. The van der Waals surface area contributed by atoms with Crippen LogP contribution in [0.1, 0.15) is 18.4 Å². The predicted molar refractivity (Wildman–Crippen MR) is 112 cm³/mol. The van der Waals surface area contributed by atoms with Gasteiger partial charge in [-0.3, -0.25) is 14.9 Å². The molecule has 0 aliphatic carbocycles. The highest BCUT2D eigenvalue weighted by Crippen LogP contribution is 2.31. The van der Waals surface area contributed by atoms with Crippen molar-refractivity contribution in [3.63, 3.8) is 0 Å². The van der Waals surface area contributed by atoms with Gasteiger partial charge in [0.2, 0.25) is 5.91 Å². The van der Waals surface area contributed by atoms with E-state index < -0.39 is 0 Å². The third-order valence-electron chi connectivity index (χ3n) is 5.29. The van der Waals surface area contributed by atoms with Crippen LogP contribution in [0.3, 0.4) is 0 Å². The molecule has 1 aromatic heterocycles. The van der Waals surface area contributed by atoms with Gasteiger partial charge < -0.3 is 10.2 Å². The summed E-state index contributed by atoms with van der Waals surface area (Å²) in [5.41, 5.74) is 2.48. The summed E-state index contributed by atoms with van der Waals surface area (Å²) in [6.07, 6.45) is 4.44. The average molecular weight is 406 g/mol. The van der Waals surface area contributed by atoms with Crippen molar-refractivity contribution in [3.8, 4) is 0 Å². The molecule has 1 aliphatic rings. The first-order chi connectivity index (χ1) is 14.6. The Balaban J connectivity index is 1.36. The van der Waals surface area contributed by atoms with Crippen LogP contribution in [-0.2, 0) is 11.3 Å². The maximum atomic E-state index is 12.7. The molecule has 1 saturated heterocycles. The number of amides is 1. The van der Waals surface area contributed by atoms with E-state index in [4.69, 9.17) is 0 Å². The molecule has 0 spiro atoms. The summed E-state index contributed by atoms with van der Waals surface area (Å²) in [4.78, 5) is 29.6. The highest BCUT2D eigenvalue weighted by Gasteiger charge is 2.28. The maximum Gasteiger partial charge on any atom is 0.292 e. The van der Waals surface area contributed by atoms with Gasteiger partial charge in [-0.1, -0.05) is 24.3 Å². The second-order valence-corrected chi connectivity index (χ2v) is 7.29. The van der Waals surface area contributed by atoms with Gasteiger partial charge >= 0.3 is 0 Å². The molecule has 1 aliphatic heterocycles. The minimum Gasteiger partial charge on any atom is -0.366 e. The van der Waals surface area contributed by atoms with Crippen LogP contribution < -0.4 is 10.2 Å². The van der Waals surface area contributed by atoms with Gasteiger partial charge in [-0.2, -0.15) is 5.10 Å². The number of hydrogen-bond donors (Lipinski definition) is 1. The number of piperidine rings is 1. The van der Waals surface area contributed by atoms with Crippen LogP contribution in [0.15, 0.2) is 61.2 Å². The number of anilines is 2. The quantitative estimate of drug-likeness (QED) is 0.498. The van der Waals surface area contributed by atoms with Crippen molar-refractivity contribution in [1.82, 2.24) is 14.8 Å². The van der Waals surface area contributed by atoms with Crippen LogP contribution >= 0.6 is 0 Å². The third-order valence-corrected chi connectivity index (χ3v) is 5.29. The summed E-state index contributed by atoms with van der Waals surface area (Å²) in [6.45, 7) is 1.79. The molecular formula is C21H22N6O3. The molecule has 1 N–H and O–H groups in total. The first-order valence-corrected chi connectivity index (χ1v) is 9.81. The van der Waals surface area contributed by atoms with Gasteiger partial charge in [0.25, 0.3) is 5.69 Å². The Hall–Kier alpha value is -3.75. The highest BCUT2D eigenvalue weighted by atomic mass is 16.6. The number of aromatic nitrogens is 3. The number of hydrogen-bond acceptors (Lipinski definition) is 6. The number of nitro groups is 1. The van der Waals surface area contributed by atoms with Gasteiger partial charge in [-0.05, 0) is 36.6 Å². The molecule has 9 nitrogen and oxygen atoms in total. The van der Waals surface area contributed by atoms with Crippen molar-refractivity contribution < 1.29 is 9.72 Å². The van der Waals surface area contributed by atoms with Crippen molar-refractivity contribution in [1.29, 1.82) is 0 Å². The van der Waals surface area contributed by atoms with Crippen molar-refractivity contribution in [2.24, 2.45) is 5.92 Å². The van der Waals surface area contributed by atoms with E-state index in [2.05, 4.69) is 15.4 Å². The van der Waals surface area contributed by atoms with Crippen LogP contribution in [-0.4, -0.2) is 38.7 Å². The van der Waals surface area contributed by atoms with Crippen LogP contribution in [0.25, 0.3) is 0 Å². The van der Waals surface area contributed by atoms with Crippen molar-refractivity contribution >= 4 is 23.0 Å². The number of nitrogens with zero attached hydrogens (tertiary/aromatic N) is 5. The van der Waals surface area contributed by atoms with Gasteiger partial charge in [0.05, 0.1) is 11.5 Å². The first-order valence-electron chi connectivity index (χ1n) is 9.81. The molecule has 0 radical (unpaired) electrons. The molecular weight excluding hydrogens is 384 g/mol. The second kappa shape index (κ2) is 8.73. The predicted octanol–water partition coefficient (Wildman–Crippen LogP) is 3.09. The van der Waals surface area contributed by atoms with Crippen LogP contribution in [0.5, 0.6) is 0 Å². The van der Waals surface area contributed by atoms with E-state index in [9.17, 15) is 14.9 Å². The fraction of sp³-hybridized carbons (Fsp3) is 0.286. The van der Waals surface area contributed by atoms with E-state index in [1.54, 1.807) is 29.2 Å². The molecule has 0 atom stereocenters. The minimum absolute atomic E-state index is 0.0184. The topological polar surface area (TPSA) is 106 Å². The molecule has 30 heavy (non-hydrogen) atoms. The molecule has 1 amide bonds. The Morgan fingerprint density at radius 1 is 1.17 bits per heavy atom. The zero-order valence-electron chi connectivity index (χ0n) is 16.3. The fourth-order valence-corrected chi connectivity index (χ4v) is 3.76. The normalized spacial score (nSPS) is 14.5. The number of benzene rings is 2. The molecule has 0 saturated carbocycles. The number of rotatable bonds is 6. The lowest BCUT2D eigenvalue weighted by Crippen LogP contribution is -2.38. The van der Waals surface area contributed by atoms with Crippen molar-refractivity contribution in [2.75, 3.05) is 23.3 Å². The van der Waals surface area contributed by atoms with Gasteiger partial charge in [-0.25, -0.2) is 9.67 Å². The summed E-state index contributed by atoms with van der Waals surface area (Å²) in [7, 11) is 0. The summed E-state index contributed by atoms with van der Waals surface area (Å²) in [5, 5.41) is 18.4. The van der Waals surface area contributed by atoms with Crippen LogP contribution in [0.4, 0.5) is 17.1 Å². The standard InChI is InChI=1S/C21H22N6O3/c28-21(24-18-5-3-4-16(12-18)13-26-15-22-14-23-26)17-8-10-25(11-9-17)19-6-1-2-7-20(19)27(29)30/h1-7,12,14-15,17H,8-11,13H2,(H,24,28). The van der Waals surface area contributed by atoms with Crippen LogP contribution in [0, 0.1) is 16.0 Å². The molecule has 2 heterocycles. The monoisotopic (exact) mass is 406 g/mol. The van der Waals surface area contributed by atoms with Gasteiger partial charge in [0.15, 0.2) is 0 Å². The Bertz CT molecular complexity index is 1030. The molecule has 0 bridgehead atoms. The van der Waals surface area contributed by atoms with Crippen molar-refractivity contribution in [3.05, 3.63) is 76.9 Å².